The van der Waals surface area contributed by atoms with E-state index in [1.54, 1.807) is 6.92 Å². The Morgan fingerprint density at radius 3 is 2.45 bits per heavy atom. The minimum atomic E-state index is -0.000118. The van der Waals surface area contributed by atoms with Crippen LogP contribution in [-0.2, 0) is 13.0 Å². The summed E-state index contributed by atoms with van der Waals surface area (Å²) in [6.07, 6.45) is 0.656. The van der Waals surface area contributed by atoms with Gasteiger partial charge in [-0.2, -0.15) is 4.98 Å². The van der Waals surface area contributed by atoms with Gasteiger partial charge in [0, 0.05) is 43.0 Å². The molecule has 8 heteroatoms. The second-order valence-corrected chi connectivity index (χ2v) is 8.69. The van der Waals surface area contributed by atoms with Crippen molar-refractivity contribution >= 4 is 11.6 Å². The van der Waals surface area contributed by atoms with Gasteiger partial charge >= 0.3 is 0 Å². The Labute approximate surface area is 194 Å². The lowest BCUT2D eigenvalue weighted by atomic mass is 10.0. The summed E-state index contributed by atoms with van der Waals surface area (Å²) >= 11 is 0. The number of rotatable bonds is 8. The molecule has 1 aliphatic rings. The minimum Gasteiger partial charge on any atom is -0.355 e. The molecule has 33 heavy (non-hydrogen) atoms. The van der Waals surface area contributed by atoms with Crippen LogP contribution in [0.15, 0.2) is 28.8 Å². The van der Waals surface area contributed by atoms with Crippen LogP contribution in [0.5, 0.6) is 0 Å². The molecule has 1 aliphatic heterocycles. The maximum Gasteiger partial charge on any atom is 0.241 e. The molecule has 2 aromatic heterocycles. The Balaban J connectivity index is 1.33. The number of benzene rings is 1. The molecular formula is C25H31N5O3. The summed E-state index contributed by atoms with van der Waals surface area (Å²) in [4.78, 5) is 37.1. The number of H-pyrrole nitrogens is 1. The molecule has 0 radical (unpaired) electrons. The van der Waals surface area contributed by atoms with Gasteiger partial charge in [0.15, 0.2) is 11.6 Å². The fraction of sp³-hybridized carbons (Fsp3) is 0.440. The molecule has 0 atom stereocenters. The number of carbonyl (C=O) groups excluding carboxylic acids is 2. The van der Waals surface area contributed by atoms with E-state index in [4.69, 9.17) is 4.52 Å². The van der Waals surface area contributed by atoms with Gasteiger partial charge in [-0.3, -0.25) is 19.4 Å². The monoisotopic (exact) mass is 449 g/mol. The van der Waals surface area contributed by atoms with E-state index in [-0.39, 0.29) is 11.6 Å². The fourth-order valence-electron chi connectivity index (χ4n) is 4.58. The van der Waals surface area contributed by atoms with Crippen molar-refractivity contribution in [2.45, 2.75) is 40.7 Å². The first kappa shape index (κ1) is 23.1. The van der Waals surface area contributed by atoms with Crippen LogP contribution in [0, 0.1) is 13.8 Å². The normalized spacial score (nSPS) is 15.2. The summed E-state index contributed by atoms with van der Waals surface area (Å²) < 4.78 is 5.48. The van der Waals surface area contributed by atoms with Crippen LogP contribution in [0.25, 0.3) is 11.4 Å². The van der Waals surface area contributed by atoms with Gasteiger partial charge in [0.2, 0.25) is 11.7 Å². The average molecular weight is 450 g/mol. The molecule has 0 amide bonds. The molecule has 0 unspecified atom stereocenters. The zero-order chi connectivity index (χ0) is 23.5. The number of nitrogens with one attached hydrogen (secondary N) is 1. The fourth-order valence-corrected chi connectivity index (χ4v) is 4.58. The van der Waals surface area contributed by atoms with Crippen molar-refractivity contribution in [1.82, 2.24) is 24.9 Å². The molecule has 0 aliphatic carbocycles. The van der Waals surface area contributed by atoms with Gasteiger partial charge in [-0.15, -0.1) is 0 Å². The SMILES string of the molecule is CCc1c(C(=O)CN2CCN(Cc3nc(-c4ccccc4C)no3)CC2)[nH]c(C)c1C(C)=O. The summed E-state index contributed by atoms with van der Waals surface area (Å²) in [7, 11) is 0. The number of carbonyl (C=O) groups is 2. The highest BCUT2D eigenvalue weighted by Crippen LogP contribution is 2.22. The number of hydrogen-bond acceptors (Lipinski definition) is 7. The van der Waals surface area contributed by atoms with E-state index in [2.05, 4.69) is 24.9 Å². The first-order valence-corrected chi connectivity index (χ1v) is 11.5. The van der Waals surface area contributed by atoms with Crippen LogP contribution < -0.4 is 0 Å². The van der Waals surface area contributed by atoms with Crippen molar-refractivity contribution in [1.29, 1.82) is 0 Å². The van der Waals surface area contributed by atoms with Crippen LogP contribution in [-0.4, -0.2) is 69.2 Å². The van der Waals surface area contributed by atoms with Crippen LogP contribution in [0.4, 0.5) is 0 Å². The zero-order valence-electron chi connectivity index (χ0n) is 19.8. The van der Waals surface area contributed by atoms with Gasteiger partial charge in [-0.1, -0.05) is 36.3 Å². The Morgan fingerprint density at radius 2 is 1.79 bits per heavy atom. The lowest BCUT2D eigenvalue weighted by Gasteiger charge is -2.33. The third-order valence-electron chi connectivity index (χ3n) is 6.32. The topological polar surface area (TPSA) is 95.3 Å². The Bertz CT molecular complexity index is 1150. The number of Topliss-reactive ketones (excluding diaryl/α,β-unsaturated/α-hetero) is 2. The van der Waals surface area contributed by atoms with Crippen molar-refractivity contribution in [2.75, 3.05) is 32.7 Å². The van der Waals surface area contributed by atoms with E-state index >= 15 is 0 Å². The van der Waals surface area contributed by atoms with E-state index in [1.807, 2.05) is 45.0 Å². The van der Waals surface area contributed by atoms with Gasteiger partial charge in [-0.25, -0.2) is 0 Å². The van der Waals surface area contributed by atoms with E-state index in [1.165, 1.54) is 0 Å². The van der Waals surface area contributed by atoms with Crippen LogP contribution in [0.1, 0.15) is 57.4 Å². The molecule has 3 aromatic rings. The molecule has 3 heterocycles. The van der Waals surface area contributed by atoms with Crippen molar-refractivity contribution in [2.24, 2.45) is 0 Å². The number of piperazine rings is 1. The first-order valence-electron chi connectivity index (χ1n) is 11.5. The molecule has 174 valence electrons. The Kier molecular flexibility index (Phi) is 6.85. The van der Waals surface area contributed by atoms with Gasteiger partial charge in [-0.05, 0) is 38.3 Å². The van der Waals surface area contributed by atoms with E-state index in [9.17, 15) is 9.59 Å². The molecule has 0 spiro atoms. The molecular weight excluding hydrogens is 418 g/mol. The second-order valence-electron chi connectivity index (χ2n) is 8.69. The van der Waals surface area contributed by atoms with Gasteiger partial charge in [0.25, 0.3) is 0 Å². The molecule has 1 fully saturated rings. The third-order valence-corrected chi connectivity index (χ3v) is 6.32. The standard InChI is InChI=1S/C25H31N5O3/c1-5-19-23(18(4)31)17(3)26-24(19)21(32)14-29-10-12-30(13-11-29)15-22-27-25(28-33-22)20-9-7-6-8-16(20)2/h6-9,26H,5,10-15H2,1-4H3. The Morgan fingerprint density at radius 1 is 1.09 bits per heavy atom. The number of nitrogens with zero attached hydrogens (tertiary/aromatic N) is 4. The number of aromatic amines is 1. The molecule has 0 bridgehead atoms. The highest BCUT2D eigenvalue weighted by molar-refractivity contribution is 6.04. The Hall–Kier alpha value is -3.10. The number of hydrogen-bond donors (Lipinski definition) is 1. The van der Waals surface area contributed by atoms with Crippen molar-refractivity contribution in [3.8, 4) is 11.4 Å². The first-order chi connectivity index (χ1) is 15.9. The smallest absolute Gasteiger partial charge is 0.241 e. The van der Waals surface area contributed by atoms with Gasteiger partial charge in [0.1, 0.15) is 0 Å². The minimum absolute atomic E-state index is 0.000118. The van der Waals surface area contributed by atoms with Crippen LogP contribution in [0.2, 0.25) is 0 Å². The lowest BCUT2D eigenvalue weighted by molar-refractivity contribution is 0.0822. The number of aromatic nitrogens is 3. The van der Waals surface area contributed by atoms with E-state index in [0.717, 1.165) is 48.6 Å². The molecule has 1 aromatic carbocycles. The van der Waals surface area contributed by atoms with Crippen LogP contribution >= 0.6 is 0 Å². The highest BCUT2D eigenvalue weighted by atomic mass is 16.5. The number of ketones is 2. The summed E-state index contributed by atoms with van der Waals surface area (Å²) in [5.41, 5.74) is 4.95. The molecule has 1 saturated heterocycles. The highest BCUT2D eigenvalue weighted by Gasteiger charge is 2.25. The van der Waals surface area contributed by atoms with E-state index in [0.29, 0.717) is 42.5 Å². The molecule has 8 nitrogen and oxygen atoms in total. The van der Waals surface area contributed by atoms with Gasteiger partial charge in [0.05, 0.1) is 18.8 Å². The second kappa shape index (κ2) is 9.80. The van der Waals surface area contributed by atoms with E-state index < -0.39 is 0 Å². The van der Waals surface area contributed by atoms with Crippen molar-refractivity contribution in [3.05, 3.63) is 58.2 Å². The third kappa shape index (κ3) is 4.96. The maximum absolute atomic E-state index is 13.0. The maximum atomic E-state index is 13.0. The van der Waals surface area contributed by atoms with Crippen LogP contribution in [0.3, 0.4) is 0 Å². The summed E-state index contributed by atoms with van der Waals surface area (Å²) in [5.74, 6) is 1.25. The summed E-state index contributed by atoms with van der Waals surface area (Å²) in [6.45, 7) is 11.6. The lowest BCUT2D eigenvalue weighted by Crippen LogP contribution is -2.47. The quantitative estimate of drug-likeness (QED) is 0.526. The summed E-state index contributed by atoms with van der Waals surface area (Å²) in [6, 6.07) is 7.99. The predicted octanol–water partition coefficient (Wildman–Crippen LogP) is 3.45. The molecule has 0 saturated carbocycles. The van der Waals surface area contributed by atoms with Crippen molar-refractivity contribution in [3.63, 3.8) is 0 Å². The molecule has 4 rings (SSSR count). The molecule has 1 N–H and O–H groups in total. The number of aryl methyl sites for hydroxylation is 2. The summed E-state index contributed by atoms with van der Waals surface area (Å²) in [5, 5.41) is 4.14. The zero-order valence-corrected chi connectivity index (χ0v) is 19.8. The largest absolute Gasteiger partial charge is 0.355 e. The average Bonchev–Trinajstić information content (AvgIpc) is 3.39. The predicted molar refractivity (Wildman–Crippen MR) is 125 cm³/mol. The van der Waals surface area contributed by atoms with Gasteiger partial charge < -0.3 is 9.51 Å². The van der Waals surface area contributed by atoms with Crippen molar-refractivity contribution < 1.29 is 14.1 Å².